The van der Waals surface area contributed by atoms with Crippen LogP contribution < -0.4 is 16.1 Å². The maximum atomic E-state index is 11.3. The Morgan fingerprint density at radius 1 is 1.19 bits per heavy atom. The van der Waals surface area contributed by atoms with Gasteiger partial charge in [0.15, 0.2) is 5.13 Å². The van der Waals surface area contributed by atoms with Crippen LogP contribution in [0.25, 0.3) is 10.6 Å². The lowest BCUT2D eigenvalue weighted by Crippen LogP contribution is -2.18. The summed E-state index contributed by atoms with van der Waals surface area (Å²) >= 11 is 1.54. The van der Waals surface area contributed by atoms with Gasteiger partial charge >= 0.3 is 0 Å². The highest BCUT2D eigenvalue weighted by Crippen LogP contribution is 2.31. The number of aryl methyl sites for hydroxylation is 1. The Morgan fingerprint density at radius 2 is 1.96 bits per heavy atom. The van der Waals surface area contributed by atoms with Crippen molar-refractivity contribution in [2.45, 2.75) is 13.5 Å². The van der Waals surface area contributed by atoms with Crippen molar-refractivity contribution in [2.24, 2.45) is 0 Å². The van der Waals surface area contributed by atoms with E-state index in [-0.39, 0.29) is 0 Å². The molecule has 0 spiro atoms. The molecule has 134 valence electrons. The number of carbonyl (C=O) groups excluding carboxylic acids is 1. The van der Waals surface area contributed by atoms with E-state index < -0.39 is 5.91 Å². The number of hydrogen-bond acceptors (Lipinski definition) is 8. The highest BCUT2D eigenvalue weighted by atomic mass is 32.1. The Kier molecular flexibility index (Phi) is 5.40. The number of amides is 1. The van der Waals surface area contributed by atoms with Crippen LogP contribution in [0.1, 0.15) is 21.6 Å². The number of carbonyl (C=O) groups is 1. The molecule has 0 saturated heterocycles. The Bertz CT molecular complexity index is 910. The molecule has 0 bridgehead atoms. The molecule has 0 unspecified atom stereocenters. The van der Waals surface area contributed by atoms with Crippen LogP contribution in [0, 0.1) is 6.92 Å². The summed E-state index contributed by atoms with van der Waals surface area (Å²) in [6, 6.07) is 8.73. The second-order valence-corrected chi connectivity index (χ2v) is 6.44. The fraction of sp³-hybridized carbons (Fsp3) is 0.176. The van der Waals surface area contributed by atoms with Gasteiger partial charge in [-0.05, 0) is 30.7 Å². The number of hydrogen-bond donors (Lipinski definition) is 4. The van der Waals surface area contributed by atoms with Crippen LogP contribution in [-0.2, 0) is 6.54 Å². The number of hydroxylamine groups is 1. The summed E-state index contributed by atoms with van der Waals surface area (Å²) in [5.41, 5.74) is 4.68. The van der Waals surface area contributed by atoms with E-state index in [9.17, 15) is 4.79 Å². The maximum Gasteiger partial charge on any atom is 0.274 e. The minimum Gasteiger partial charge on any atom is -0.365 e. The molecule has 0 saturated carbocycles. The van der Waals surface area contributed by atoms with Crippen LogP contribution in [0.2, 0.25) is 0 Å². The first-order chi connectivity index (χ1) is 12.6. The topological polar surface area (TPSA) is 112 Å². The molecule has 3 aromatic rings. The number of anilines is 2. The lowest BCUT2D eigenvalue weighted by atomic mass is 10.1. The fourth-order valence-corrected chi connectivity index (χ4v) is 3.22. The molecule has 1 aromatic carbocycles. The predicted molar refractivity (Wildman–Crippen MR) is 100 cm³/mol. The van der Waals surface area contributed by atoms with Gasteiger partial charge in [0.2, 0.25) is 5.95 Å². The van der Waals surface area contributed by atoms with Gasteiger partial charge in [0.05, 0.1) is 16.3 Å². The van der Waals surface area contributed by atoms with Gasteiger partial charge in [0.25, 0.3) is 5.91 Å². The SMILES string of the molecule is CNc1nc(C)c(-c2ccnc(NCc3ccc(C(=O)NO)cc3)n2)s1. The Morgan fingerprint density at radius 3 is 2.62 bits per heavy atom. The molecule has 0 atom stereocenters. The van der Waals surface area contributed by atoms with E-state index in [2.05, 4.69) is 25.6 Å². The second kappa shape index (κ2) is 7.89. The van der Waals surface area contributed by atoms with Crippen LogP contribution in [0.4, 0.5) is 11.1 Å². The first-order valence-corrected chi connectivity index (χ1v) is 8.68. The summed E-state index contributed by atoms with van der Waals surface area (Å²) < 4.78 is 0. The van der Waals surface area contributed by atoms with E-state index in [1.165, 1.54) is 0 Å². The van der Waals surface area contributed by atoms with E-state index in [1.54, 1.807) is 47.3 Å². The molecule has 2 heterocycles. The monoisotopic (exact) mass is 370 g/mol. The minimum absolute atomic E-state index is 0.385. The van der Waals surface area contributed by atoms with E-state index in [4.69, 9.17) is 5.21 Å². The van der Waals surface area contributed by atoms with Crippen LogP contribution in [0.5, 0.6) is 0 Å². The molecule has 0 aliphatic heterocycles. The average molecular weight is 370 g/mol. The number of aromatic nitrogens is 3. The molecule has 3 rings (SSSR count). The van der Waals surface area contributed by atoms with E-state index in [0.29, 0.717) is 18.1 Å². The van der Waals surface area contributed by atoms with E-state index >= 15 is 0 Å². The molecule has 8 nitrogen and oxygen atoms in total. The third-order valence-electron chi connectivity index (χ3n) is 3.67. The molecule has 0 aliphatic rings. The van der Waals surface area contributed by atoms with E-state index in [1.807, 2.05) is 20.0 Å². The molecule has 26 heavy (non-hydrogen) atoms. The van der Waals surface area contributed by atoms with Gasteiger partial charge in [-0.15, -0.1) is 0 Å². The van der Waals surface area contributed by atoms with Crippen molar-refractivity contribution in [3.8, 4) is 10.6 Å². The average Bonchev–Trinajstić information content (AvgIpc) is 3.07. The molecule has 0 fully saturated rings. The highest BCUT2D eigenvalue weighted by molar-refractivity contribution is 7.19. The van der Waals surface area contributed by atoms with Crippen LogP contribution in [0.3, 0.4) is 0 Å². The number of benzene rings is 1. The zero-order chi connectivity index (χ0) is 18.5. The lowest BCUT2D eigenvalue weighted by Gasteiger charge is -2.07. The molecule has 1 amide bonds. The number of nitrogens with one attached hydrogen (secondary N) is 3. The zero-order valence-electron chi connectivity index (χ0n) is 14.3. The van der Waals surface area contributed by atoms with Crippen molar-refractivity contribution in [3.63, 3.8) is 0 Å². The van der Waals surface area contributed by atoms with Gasteiger partial charge in [0.1, 0.15) is 0 Å². The predicted octanol–water partition coefficient (Wildman–Crippen LogP) is 2.68. The van der Waals surface area contributed by atoms with Gasteiger partial charge in [-0.2, -0.15) is 0 Å². The molecule has 9 heteroatoms. The van der Waals surface area contributed by atoms with Gasteiger partial charge in [-0.1, -0.05) is 23.5 Å². The highest BCUT2D eigenvalue weighted by Gasteiger charge is 2.11. The van der Waals surface area contributed by atoms with Crippen molar-refractivity contribution in [1.29, 1.82) is 0 Å². The fourth-order valence-electron chi connectivity index (χ4n) is 2.33. The summed E-state index contributed by atoms with van der Waals surface area (Å²) in [7, 11) is 1.84. The molecule has 2 aromatic heterocycles. The Balaban J connectivity index is 1.71. The molecule has 0 aliphatic carbocycles. The summed E-state index contributed by atoms with van der Waals surface area (Å²) in [5, 5.41) is 15.7. The lowest BCUT2D eigenvalue weighted by molar-refractivity contribution is 0.0706. The van der Waals surface area contributed by atoms with Crippen LogP contribution in [-0.4, -0.2) is 33.1 Å². The minimum atomic E-state index is -0.540. The van der Waals surface area contributed by atoms with E-state index in [0.717, 1.165) is 27.0 Å². The van der Waals surface area contributed by atoms with Crippen molar-refractivity contribution in [2.75, 3.05) is 17.7 Å². The van der Waals surface area contributed by atoms with Crippen molar-refractivity contribution in [1.82, 2.24) is 20.4 Å². The Hall–Kier alpha value is -3.04. The number of nitrogens with zero attached hydrogens (tertiary/aromatic N) is 3. The molecular weight excluding hydrogens is 352 g/mol. The van der Waals surface area contributed by atoms with Crippen LogP contribution >= 0.6 is 11.3 Å². The quantitative estimate of drug-likeness (QED) is 0.390. The second-order valence-electron chi connectivity index (χ2n) is 5.44. The van der Waals surface area contributed by atoms with Gasteiger partial charge in [0, 0.05) is 25.4 Å². The first kappa shape index (κ1) is 17.8. The van der Waals surface area contributed by atoms with Crippen LogP contribution in [0.15, 0.2) is 36.5 Å². The van der Waals surface area contributed by atoms with Crippen molar-refractivity contribution in [3.05, 3.63) is 53.3 Å². The summed E-state index contributed by atoms with van der Waals surface area (Å²) in [5.74, 6) is -0.0279. The summed E-state index contributed by atoms with van der Waals surface area (Å²) in [6.45, 7) is 2.46. The smallest absolute Gasteiger partial charge is 0.274 e. The van der Waals surface area contributed by atoms with Gasteiger partial charge < -0.3 is 10.6 Å². The first-order valence-electron chi connectivity index (χ1n) is 7.86. The number of thiazole rings is 1. The zero-order valence-corrected chi connectivity index (χ0v) is 15.1. The normalized spacial score (nSPS) is 10.4. The molecular formula is C17H18N6O2S. The van der Waals surface area contributed by atoms with Crippen molar-refractivity contribution >= 4 is 28.3 Å². The molecule has 0 radical (unpaired) electrons. The molecule has 4 N–H and O–H groups in total. The summed E-state index contributed by atoms with van der Waals surface area (Å²) in [4.78, 5) is 25.5. The summed E-state index contributed by atoms with van der Waals surface area (Å²) in [6.07, 6.45) is 1.71. The van der Waals surface area contributed by atoms with Crippen molar-refractivity contribution < 1.29 is 10.0 Å². The van der Waals surface area contributed by atoms with Gasteiger partial charge in [-0.25, -0.2) is 20.4 Å². The third kappa shape index (κ3) is 3.95. The number of rotatable bonds is 6. The maximum absolute atomic E-state index is 11.3. The third-order valence-corrected chi connectivity index (χ3v) is 4.86. The Labute approximate surface area is 154 Å². The largest absolute Gasteiger partial charge is 0.365 e. The standard InChI is InChI=1S/C17H18N6O2S/c1-10-14(26-17(18-2)21-10)13-7-8-19-16(22-13)20-9-11-3-5-12(6-4-11)15(24)23-25/h3-8,25H,9H2,1-2H3,(H,18,21)(H,23,24)(H,19,20,22). The van der Waals surface area contributed by atoms with Gasteiger partial charge in [-0.3, -0.25) is 10.0 Å².